The summed E-state index contributed by atoms with van der Waals surface area (Å²) in [5.74, 6) is -0.668. The minimum Gasteiger partial charge on any atom is -0.484 e. The lowest BCUT2D eigenvalue weighted by atomic mass is 10.1. The highest BCUT2D eigenvalue weighted by atomic mass is 16.6. The van der Waals surface area contributed by atoms with Crippen LogP contribution >= 0.6 is 0 Å². The Morgan fingerprint density at radius 3 is 2.38 bits per heavy atom. The molecular weight excluding hydrogens is 380 g/mol. The number of hydrogen-bond acceptors (Lipinski definition) is 6. The predicted molar refractivity (Wildman–Crippen MR) is 101 cm³/mol. The van der Waals surface area contributed by atoms with E-state index in [4.69, 9.17) is 10.5 Å². The van der Waals surface area contributed by atoms with Crippen LogP contribution in [0.15, 0.2) is 54.2 Å². The number of nitro benzene ring substituents is 1. The number of nitro groups is 1. The van der Waals surface area contributed by atoms with Gasteiger partial charge in [0.2, 0.25) is 0 Å². The summed E-state index contributed by atoms with van der Waals surface area (Å²) in [4.78, 5) is 46.6. The minimum atomic E-state index is -0.594. The van der Waals surface area contributed by atoms with E-state index >= 15 is 0 Å². The monoisotopic (exact) mass is 396 g/mol. The maximum atomic E-state index is 12.5. The molecule has 1 aliphatic rings. The molecule has 1 fully saturated rings. The maximum Gasteiger partial charge on any atom is 0.329 e. The van der Waals surface area contributed by atoms with Crippen LogP contribution in [-0.4, -0.2) is 34.3 Å². The van der Waals surface area contributed by atoms with Gasteiger partial charge in [0.25, 0.3) is 17.5 Å². The van der Waals surface area contributed by atoms with E-state index in [1.54, 1.807) is 24.3 Å². The largest absolute Gasteiger partial charge is 0.484 e. The second-order valence-corrected chi connectivity index (χ2v) is 6.13. The minimum absolute atomic E-state index is 0.0140. The first-order chi connectivity index (χ1) is 13.8. The summed E-state index contributed by atoms with van der Waals surface area (Å²) in [5, 5.41) is 13.2. The van der Waals surface area contributed by atoms with Crippen LogP contribution in [0, 0.1) is 10.1 Å². The van der Waals surface area contributed by atoms with Crippen molar-refractivity contribution in [1.29, 1.82) is 0 Å². The molecule has 10 heteroatoms. The highest BCUT2D eigenvalue weighted by Gasteiger charge is 2.33. The van der Waals surface area contributed by atoms with Gasteiger partial charge >= 0.3 is 6.03 Å². The fraction of sp³-hybridized carbons (Fsp3) is 0.105. The molecule has 29 heavy (non-hydrogen) atoms. The highest BCUT2D eigenvalue weighted by molar-refractivity contribution is 6.13. The third kappa shape index (κ3) is 4.75. The van der Waals surface area contributed by atoms with E-state index in [2.05, 4.69) is 5.32 Å². The third-order valence-electron chi connectivity index (χ3n) is 4.02. The average molecular weight is 396 g/mol. The molecule has 2 aromatic rings. The lowest BCUT2D eigenvalue weighted by Crippen LogP contribution is -2.30. The Balaban J connectivity index is 1.69. The van der Waals surface area contributed by atoms with Crippen molar-refractivity contribution in [2.24, 2.45) is 5.73 Å². The average Bonchev–Trinajstić information content (AvgIpc) is 2.95. The molecule has 0 bridgehead atoms. The number of ether oxygens (including phenoxy) is 1. The van der Waals surface area contributed by atoms with Gasteiger partial charge < -0.3 is 15.8 Å². The van der Waals surface area contributed by atoms with E-state index in [0.29, 0.717) is 16.9 Å². The number of hydrogen-bond donors (Lipinski definition) is 2. The lowest BCUT2D eigenvalue weighted by molar-refractivity contribution is -0.384. The van der Waals surface area contributed by atoms with Gasteiger partial charge in [0.1, 0.15) is 11.4 Å². The summed E-state index contributed by atoms with van der Waals surface area (Å²) in [6, 6.07) is 11.5. The van der Waals surface area contributed by atoms with Crippen molar-refractivity contribution >= 4 is 29.6 Å². The Kier molecular flexibility index (Phi) is 5.54. The van der Waals surface area contributed by atoms with Gasteiger partial charge in [0.05, 0.1) is 11.5 Å². The molecule has 1 aliphatic heterocycles. The topological polar surface area (TPSA) is 145 Å². The van der Waals surface area contributed by atoms with Gasteiger partial charge in [-0.15, -0.1) is 0 Å². The Hall–Kier alpha value is -4.21. The summed E-state index contributed by atoms with van der Waals surface area (Å²) in [6.07, 6.45) is 1.51. The van der Waals surface area contributed by atoms with Gasteiger partial charge in [-0.3, -0.25) is 24.6 Å². The van der Waals surface area contributed by atoms with Gasteiger partial charge in [0.15, 0.2) is 6.61 Å². The molecule has 1 heterocycles. The van der Waals surface area contributed by atoms with Crippen LogP contribution in [0.2, 0.25) is 0 Å². The maximum absolute atomic E-state index is 12.5. The van der Waals surface area contributed by atoms with E-state index in [-0.39, 0.29) is 24.5 Å². The predicted octanol–water partition coefficient (Wildman–Crippen LogP) is 1.55. The van der Waals surface area contributed by atoms with Gasteiger partial charge in [-0.05, 0) is 29.3 Å². The zero-order valence-corrected chi connectivity index (χ0v) is 15.0. The first-order valence-corrected chi connectivity index (χ1v) is 8.42. The molecule has 1 saturated heterocycles. The number of urea groups is 1. The fourth-order valence-electron chi connectivity index (χ4n) is 2.60. The van der Waals surface area contributed by atoms with Crippen molar-refractivity contribution in [1.82, 2.24) is 10.2 Å². The van der Waals surface area contributed by atoms with Gasteiger partial charge in [0, 0.05) is 12.1 Å². The number of primary amides is 1. The second-order valence-electron chi connectivity index (χ2n) is 6.13. The number of imide groups is 1. The molecule has 148 valence electrons. The van der Waals surface area contributed by atoms with Crippen molar-refractivity contribution in [3.8, 4) is 5.75 Å². The highest BCUT2D eigenvalue weighted by Crippen LogP contribution is 2.20. The molecule has 3 rings (SSSR count). The van der Waals surface area contributed by atoms with E-state index < -0.39 is 22.8 Å². The third-order valence-corrected chi connectivity index (χ3v) is 4.02. The molecule has 0 radical (unpaired) electrons. The molecule has 0 saturated carbocycles. The normalized spacial score (nSPS) is 14.8. The molecule has 0 aromatic heterocycles. The van der Waals surface area contributed by atoms with Gasteiger partial charge in [-0.2, -0.15) is 0 Å². The molecule has 0 unspecified atom stereocenters. The van der Waals surface area contributed by atoms with Crippen molar-refractivity contribution in [3.63, 3.8) is 0 Å². The van der Waals surface area contributed by atoms with E-state index in [1.165, 1.54) is 30.3 Å². The van der Waals surface area contributed by atoms with Crippen LogP contribution in [0.1, 0.15) is 11.1 Å². The standard InChI is InChI=1S/C19H16N4O6/c20-17(24)11-29-15-7-3-12(4-8-15)9-16-18(25)22(19(26)21-16)10-13-1-5-14(6-2-13)23(27)28/h1-9H,10-11H2,(H2,20,24)(H,21,26). The number of nitrogens with two attached hydrogens (primary N) is 1. The molecule has 0 atom stereocenters. The summed E-state index contributed by atoms with van der Waals surface area (Å²) < 4.78 is 5.15. The Labute approximate surface area is 164 Å². The number of nitrogens with zero attached hydrogens (tertiary/aromatic N) is 2. The quantitative estimate of drug-likeness (QED) is 0.314. The first kappa shape index (κ1) is 19.5. The second kappa shape index (κ2) is 8.21. The van der Waals surface area contributed by atoms with Crippen LogP contribution in [0.3, 0.4) is 0 Å². The number of non-ortho nitro benzene ring substituents is 1. The van der Waals surface area contributed by atoms with Crippen LogP contribution < -0.4 is 15.8 Å². The summed E-state index contributed by atoms with van der Waals surface area (Å²) in [5.41, 5.74) is 6.25. The number of amides is 4. The van der Waals surface area contributed by atoms with Crippen molar-refractivity contribution in [3.05, 3.63) is 75.5 Å². The molecule has 2 aromatic carbocycles. The van der Waals surface area contributed by atoms with Crippen LogP contribution in [0.4, 0.5) is 10.5 Å². The van der Waals surface area contributed by atoms with Gasteiger partial charge in [-0.25, -0.2) is 4.79 Å². The number of carbonyl (C=O) groups excluding carboxylic acids is 3. The molecule has 0 aliphatic carbocycles. The fourth-order valence-corrected chi connectivity index (χ4v) is 2.60. The number of benzene rings is 2. The lowest BCUT2D eigenvalue weighted by Gasteiger charge is -2.11. The Morgan fingerprint density at radius 2 is 1.79 bits per heavy atom. The van der Waals surface area contributed by atoms with Crippen LogP contribution in [0.25, 0.3) is 6.08 Å². The number of nitrogens with one attached hydrogen (secondary N) is 1. The smallest absolute Gasteiger partial charge is 0.329 e. The van der Waals surface area contributed by atoms with Gasteiger partial charge in [-0.1, -0.05) is 24.3 Å². The molecule has 4 amide bonds. The van der Waals surface area contributed by atoms with Crippen molar-refractivity contribution in [2.45, 2.75) is 6.54 Å². The molecule has 0 spiro atoms. The zero-order valence-electron chi connectivity index (χ0n) is 15.0. The van der Waals surface area contributed by atoms with Crippen LogP contribution in [0.5, 0.6) is 5.75 Å². The Morgan fingerprint density at radius 1 is 1.14 bits per heavy atom. The first-order valence-electron chi connectivity index (χ1n) is 8.42. The van der Waals surface area contributed by atoms with Crippen molar-refractivity contribution in [2.75, 3.05) is 6.61 Å². The van der Waals surface area contributed by atoms with Crippen LogP contribution in [-0.2, 0) is 16.1 Å². The number of carbonyl (C=O) groups is 3. The van der Waals surface area contributed by atoms with Crippen molar-refractivity contribution < 1.29 is 24.0 Å². The SMILES string of the molecule is NC(=O)COc1ccc(C=C2NC(=O)N(Cc3ccc([N+](=O)[O-])cc3)C2=O)cc1. The molecule has 10 nitrogen and oxygen atoms in total. The zero-order chi connectivity index (χ0) is 21.0. The summed E-state index contributed by atoms with van der Waals surface area (Å²) >= 11 is 0. The molecular formula is C19H16N4O6. The number of rotatable bonds is 7. The van der Waals surface area contributed by atoms with E-state index in [1.807, 2.05) is 0 Å². The van der Waals surface area contributed by atoms with E-state index in [0.717, 1.165) is 4.90 Å². The molecule has 3 N–H and O–H groups in total. The van der Waals surface area contributed by atoms with E-state index in [9.17, 15) is 24.5 Å². The Bertz CT molecular complexity index is 998. The summed E-state index contributed by atoms with van der Waals surface area (Å²) in [7, 11) is 0. The summed E-state index contributed by atoms with van der Waals surface area (Å²) in [6.45, 7) is -0.257.